The van der Waals surface area contributed by atoms with Crippen LogP contribution in [0.25, 0.3) is 0 Å². The number of hydrogen-bond donors (Lipinski definition) is 2. The number of carboxylic acids is 1. The molecule has 0 unspecified atom stereocenters. The highest BCUT2D eigenvalue weighted by Crippen LogP contribution is 2.32. The molecule has 2 atom stereocenters. The maximum Gasteiger partial charge on any atom is 0.346 e. The summed E-state index contributed by atoms with van der Waals surface area (Å²) in [6.07, 6.45) is 1.75. The van der Waals surface area contributed by atoms with Gasteiger partial charge in [-0.3, -0.25) is 4.79 Å². The van der Waals surface area contributed by atoms with E-state index in [1.54, 1.807) is 14.0 Å². The molecule has 1 saturated heterocycles. The van der Waals surface area contributed by atoms with Crippen LogP contribution < -0.4 is 10.2 Å². The second-order valence-corrected chi connectivity index (χ2v) is 8.36. The molecule has 9 heteroatoms. The van der Waals surface area contributed by atoms with Gasteiger partial charge in [0.1, 0.15) is 15.7 Å². The largest absolute Gasteiger partial charge is 0.477 e. The number of halogens is 1. The number of nitrogens with zero attached hydrogens (tertiary/aromatic N) is 2. The topological polar surface area (TPSA) is 91.2 Å². The van der Waals surface area contributed by atoms with E-state index in [2.05, 4.69) is 15.2 Å². The molecule has 1 aromatic heterocycles. The molecule has 3 rings (SSSR count). The van der Waals surface area contributed by atoms with Gasteiger partial charge < -0.3 is 20.1 Å². The number of amides is 1. The Morgan fingerprint density at radius 2 is 2.25 bits per heavy atom. The molecule has 2 aliphatic heterocycles. The number of thiophene rings is 1. The Balaban J connectivity index is 1.64. The molecular formula is C19H24ClN3O4S. The van der Waals surface area contributed by atoms with E-state index < -0.39 is 5.97 Å². The summed E-state index contributed by atoms with van der Waals surface area (Å²) in [5.41, 5.74) is 2.18. The molecule has 3 heterocycles. The number of aromatic carboxylic acids is 1. The quantitative estimate of drug-likeness (QED) is 0.683. The minimum Gasteiger partial charge on any atom is -0.477 e. The van der Waals surface area contributed by atoms with Gasteiger partial charge in [0.25, 0.3) is 5.91 Å². The Hall–Kier alpha value is -1.90. The number of carbonyl (C=O) groups excluding carboxylic acids is 1. The minimum absolute atomic E-state index is 0.138. The van der Waals surface area contributed by atoms with Crippen LogP contribution in [0.1, 0.15) is 41.4 Å². The van der Waals surface area contributed by atoms with Crippen molar-refractivity contribution in [2.45, 2.75) is 45.3 Å². The van der Waals surface area contributed by atoms with Crippen molar-refractivity contribution in [1.82, 2.24) is 5.32 Å². The van der Waals surface area contributed by atoms with Gasteiger partial charge in [-0.15, -0.1) is 11.3 Å². The van der Waals surface area contributed by atoms with Crippen molar-refractivity contribution in [1.29, 1.82) is 0 Å². The highest BCUT2D eigenvalue weighted by Gasteiger charge is 2.33. The first kappa shape index (κ1) is 20.8. The number of nitrogens with one attached hydrogen (secondary N) is 1. The highest BCUT2D eigenvalue weighted by atomic mass is 35.5. The molecule has 28 heavy (non-hydrogen) atoms. The predicted octanol–water partition coefficient (Wildman–Crippen LogP) is 3.17. The van der Waals surface area contributed by atoms with E-state index in [9.17, 15) is 14.7 Å². The fourth-order valence-electron chi connectivity index (χ4n) is 3.52. The monoisotopic (exact) mass is 425 g/mol. The maximum absolute atomic E-state index is 12.6. The van der Waals surface area contributed by atoms with Crippen LogP contribution in [0.5, 0.6) is 0 Å². The highest BCUT2D eigenvalue weighted by molar-refractivity contribution is 7.18. The number of piperidine rings is 1. The summed E-state index contributed by atoms with van der Waals surface area (Å²) in [5.74, 6) is -1.11. The van der Waals surface area contributed by atoms with E-state index in [0.717, 1.165) is 22.6 Å². The first-order chi connectivity index (χ1) is 13.3. The van der Waals surface area contributed by atoms with Crippen molar-refractivity contribution >= 4 is 45.5 Å². The summed E-state index contributed by atoms with van der Waals surface area (Å²) in [6, 6.07) is 1.76. The molecular weight excluding hydrogens is 402 g/mol. The van der Waals surface area contributed by atoms with Crippen LogP contribution in [0.4, 0.5) is 5.00 Å². The van der Waals surface area contributed by atoms with Crippen LogP contribution in [0.3, 0.4) is 0 Å². The van der Waals surface area contributed by atoms with Crippen LogP contribution in [0, 0.1) is 6.92 Å². The van der Waals surface area contributed by atoms with E-state index in [4.69, 9.17) is 16.3 Å². The zero-order valence-electron chi connectivity index (χ0n) is 16.1. The number of carbonyl (C=O) groups is 2. The lowest BCUT2D eigenvalue weighted by molar-refractivity contribution is -0.116. The SMILES string of the molecule is CCC1=C(Cl)N=C(C(=O)N[C@@H]2CCN(c3cc(C)c(C(=O)O)s3)C[C@@H]2OC)C1. The number of hydrogen-bond acceptors (Lipinski definition) is 6. The predicted molar refractivity (Wildman–Crippen MR) is 111 cm³/mol. The number of ether oxygens (including phenoxy) is 1. The van der Waals surface area contributed by atoms with Gasteiger partial charge in [0.2, 0.25) is 0 Å². The lowest BCUT2D eigenvalue weighted by Crippen LogP contribution is -2.55. The molecule has 1 amide bonds. The molecule has 0 bridgehead atoms. The summed E-state index contributed by atoms with van der Waals surface area (Å²) >= 11 is 7.35. The molecule has 0 aliphatic carbocycles. The zero-order valence-corrected chi connectivity index (χ0v) is 17.7. The van der Waals surface area contributed by atoms with Crippen molar-refractivity contribution < 1.29 is 19.4 Å². The van der Waals surface area contributed by atoms with Gasteiger partial charge in [0, 0.05) is 26.6 Å². The number of anilines is 1. The van der Waals surface area contributed by atoms with Gasteiger partial charge in [-0.25, -0.2) is 9.79 Å². The Bertz CT molecular complexity index is 848. The zero-order chi connectivity index (χ0) is 20.4. The third-order valence-corrected chi connectivity index (χ3v) is 6.82. The van der Waals surface area contributed by atoms with Crippen LogP contribution in [0.2, 0.25) is 0 Å². The molecule has 0 radical (unpaired) electrons. The Morgan fingerprint density at radius 3 is 2.82 bits per heavy atom. The second-order valence-electron chi connectivity index (χ2n) is 6.97. The van der Waals surface area contributed by atoms with E-state index in [-0.39, 0.29) is 18.1 Å². The number of allylic oxidation sites excluding steroid dienone is 1. The first-order valence-corrected chi connectivity index (χ1v) is 10.4. The second kappa shape index (κ2) is 8.63. The summed E-state index contributed by atoms with van der Waals surface area (Å²) in [4.78, 5) is 30.6. The minimum atomic E-state index is -0.907. The summed E-state index contributed by atoms with van der Waals surface area (Å²) in [7, 11) is 1.62. The summed E-state index contributed by atoms with van der Waals surface area (Å²) in [5, 5.41) is 13.6. The lowest BCUT2D eigenvalue weighted by atomic mass is 10.0. The van der Waals surface area contributed by atoms with Crippen LogP contribution in [-0.4, -0.2) is 55.0 Å². The number of aliphatic imine (C=N–C) groups is 1. The summed E-state index contributed by atoms with van der Waals surface area (Å²) in [6.45, 7) is 5.07. The van der Waals surface area contributed by atoms with Crippen LogP contribution in [-0.2, 0) is 9.53 Å². The van der Waals surface area contributed by atoms with Crippen molar-refractivity contribution in [2.24, 2.45) is 4.99 Å². The molecule has 152 valence electrons. The first-order valence-electron chi connectivity index (χ1n) is 9.21. The van der Waals surface area contributed by atoms with E-state index >= 15 is 0 Å². The van der Waals surface area contributed by atoms with Crippen molar-refractivity contribution in [2.75, 3.05) is 25.1 Å². The van der Waals surface area contributed by atoms with Crippen molar-refractivity contribution in [3.63, 3.8) is 0 Å². The van der Waals surface area contributed by atoms with Gasteiger partial charge in [0.05, 0.1) is 17.1 Å². The van der Waals surface area contributed by atoms with Crippen LogP contribution in [0.15, 0.2) is 21.8 Å². The smallest absolute Gasteiger partial charge is 0.346 e. The number of aryl methyl sites for hydroxylation is 1. The molecule has 1 aromatic rings. The third kappa shape index (κ3) is 4.24. The number of methoxy groups -OCH3 is 1. The molecule has 0 aromatic carbocycles. The van der Waals surface area contributed by atoms with E-state index in [1.807, 2.05) is 13.0 Å². The lowest BCUT2D eigenvalue weighted by Gasteiger charge is -2.38. The van der Waals surface area contributed by atoms with Gasteiger partial charge in [-0.2, -0.15) is 0 Å². The fraction of sp³-hybridized carbons (Fsp3) is 0.526. The fourth-order valence-corrected chi connectivity index (χ4v) is 4.87. The standard InChI is InChI=1S/C19H24ClN3O4S/c1-4-11-8-13(21-17(11)20)18(24)22-12-5-6-23(9-14(12)27-3)15-7-10(2)16(28-15)19(25)26/h7,12,14H,4-6,8-9H2,1-3H3,(H,22,24)(H,25,26)/t12-,14+/m1/s1. The molecule has 2 aliphatic rings. The number of rotatable bonds is 6. The third-order valence-electron chi connectivity index (χ3n) is 5.18. The summed E-state index contributed by atoms with van der Waals surface area (Å²) < 4.78 is 5.62. The van der Waals surface area contributed by atoms with Gasteiger partial charge >= 0.3 is 5.97 Å². The molecule has 1 fully saturated rings. The van der Waals surface area contributed by atoms with Crippen LogP contribution >= 0.6 is 22.9 Å². The molecule has 0 spiro atoms. The molecule has 2 N–H and O–H groups in total. The number of carboxylic acid groups (broad SMARTS) is 1. The normalized spacial score (nSPS) is 22.4. The van der Waals surface area contributed by atoms with E-state index in [0.29, 0.717) is 41.7 Å². The van der Waals surface area contributed by atoms with E-state index in [1.165, 1.54) is 11.3 Å². The maximum atomic E-state index is 12.6. The Kier molecular flexibility index (Phi) is 6.42. The van der Waals surface area contributed by atoms with Crippen molar-refractivity contribution in [3.8, 4) is 0 Å². The van der Waals surface area contributed by atoms with Gasteiger partial charge in [-0.05, 0) is 37.0 Å². The Morgan fingerprint density at radius 1 is 1.50 bits per heavy atom. The molecule has 0 saturated carbocycles. The molecule has 7 nitrogen and oxygen atoms in total. The average Bonchev–Trinajstić information content (AvgIpc) is 3.24. The Labute approximate surface area is 173 Å². The van der Waals surface area contributed by atoms with Gasteiger partial charge in [0.15, 0.2) is 0 Å². The van der Waals surface area contributed by atoms with Crippen molar-refractivity contribution in [3.05, 3.63) is 27.2 Å². The van der Waals surface area contributed by atoms with Gasteiger partial charge in [-0.1, -0.05) is 18.5 Å². The average molecular weight is 426 g/mol.